The van der Waals surface area contributed by atoms with Crippen molar-refractivity contribution in [2.75, 3.05) is 11.9 Å². The second-order valence-electron chi connectivity index (χ2n) is 11.8. The molecule has 0 saturated heterocycles. The van der Waals surface area contributed by atoms with E-state index in [0.29, 0.717) is 42.6 Å². The van der Waals surface area contributed by atoms with Gasteiger partial charge in [-0.25, -0.2) is 13.2 Å². The minimum absolute atomic E-state index is 0.0348. The number of alkyl halides is 3. The average Bonchev–Trinajstić information content (AvgIpc) is 3.86. The molecule has 44 heavy (non-hydrogen) atoms. The molecule has 0 aliphatic heterocycles. The molecule has 2 aromatic carbocycles. The van der Waals surface area contributed by atoms with E-state index < -0.39 is 51.2 Å². The van der Waals surface area contributed by atoms with Gasteiger partial charge in [0.05, 0.1) is 16.4 Å². The summed E-state index contributed by atoms with van der Waals surface area (Å²) in [6, 6.07) is 12.8. The summed E-state index contributed by atoms with van der Waals surface area (Å²) in [6.45, 7) is 3.73. The summed E-state index contributed by atoms with van der Waals surface area (Å²) in [4.78, 5) is 32.3. The summed E-state index contributed by atoms with van der Waals surface area (Å²) >= 11 is 0. The summed E-state index contributed by atoms with van der Waals surface area (Å²) in [7, 11) is -3.52. The third kappa shape index (κ3) is 8.56. The molecule has 0 spiro atoms. The van der Waals surface area contributed by atoms with E-state index in [4.69, 9.17) is 14.3 Å². The van der Waals surface area contributed by atoms with Crippen LogP contribution in [0.3, 0.4) is 0 Å². The Morgan fingerprint density at radius 2 is 1.64 bits per heavy atom. The Bertz CT molecular complexity index is 1600. The molecular weight excluding hydrogens is 603 g/mol. The van der Waals surface area contributed by atoms with E-state index >= 15 is 0 Å². The van der Waals surface area contributed by atoms with Gasteiger partial charge in [0.25, 0.3) is 0 Å². The van der Waals surface area contributed by atoms with Crippen molar-refractivity contribution in [2.24, 2.45) is 0 Å². The predicted molar refractivity (Wildman–Crippen MR) is 152 cm³/mol. The summed E-state index contributed by atoms with van der Waals surface area (Å²) in [6.07, 6.45) is -1.88. The number of rotatable bonds is 12. The summed E-state index contributed by atoms with van der Waals surface area (Å²) in [5.41, 5.74) is 0.628. The molecule has 0 bridgehead atoms. The molecule has 1 heterocycles. The Morgan fingerprint density at radius 1 is 0.977 bits per heavy atom. The summed E-state index contributed by atoms with van der Waals surface area (Å²) in [5.74, 6) is 0.0175. The van der Waals surface area contributed by atoms with E-state index in [9.17, 15) is 26.4 Å². The minimum Gasteiger partial charge on any atom is -0.456 e. The number of ether oxygens (including phenoxy) is 2. The minimum atomic E-state index is -4.59. The zero-order valence-electron chi connectivity index (χ0n) is 24.3. The monoisotopic (exact) mass is 635 g/mol. The molecular formula is C29H32F3N5O6S. The fourth-order valence-corrected chi connectivity index (χ4v) is 5.35. The first-order chi connectivity index (χ1) is 20.6. The molecule has 2 aliphatic carbocycles. The number of carbonyl (C=O) groups is 1. The Balaban J connectivity index is 1.31. The maximum atomic E-state index is 12.9. The van der Waals surface area contributed by atoms with Crippen LogP contribution in [0.15, 0.2) is 48.5 Å². The van der Waals surface area contributed by atoms with E-state index in [2.05, 4.69) is 25.2 Å². The number of nitrogens with zero attached hydrogens (tertiary/aromatic N) is 3. The molecule has 1 aromatic heterocycles. The number of hydrogen-bond acceptors (Lipinski definition) is 10. The van der Waals surface area contributed by atoms with Crippen LogP contribution in [-0.2, 0) is 26.7 Å². The molecule has 2 fully saturated rings. The van der Waals surface area contributed by atoms with Gasteiger partial charge in [-0.05, 0) is 86.7 Å². The number of anilines is 1. The van der Waals surface area contributed by atoms with Gasteiger partial charge < -0.3 is 19.6 Å². The summed E-state index contributed by atoms with van der Waals surface area (Å²) < 4.78 is 72.9. The Kier molecular flexibility index (Phi) is 8.46. The zero-order valence-corrected chi connectivity index (χ0v) is 25.1. The van der Waals surface area contributed by atoms with Crippen molar-refractivity contribution >= 4 is 21.9 Å². The lowest BCUT2D eigenvalue weighted by molar-refractivity contribution is -0.154. The third-order valence-corrected chi connectivity index (χ3v) is 8.39. The highest BCUT2D eigenvalue weighted by atomic mass is 32.2. The van der Waals surface area contributed by atoms with Gasteiger partial charge in [0.15, 0.2) is 6.61 Å². The van der Waals surface area contributed by atoms with Crippen molar-refractivity contribution in [1.29, 1.82) is 0 Å². The van der Waals surface area contributed by atoms with Gasteiger partial charge in [0, 0.05) is 6.42 Å². The van der Waals surface area contributed by atoms with Gasteiger partial charge in [-0.2, -0.15) is 28.1 Å². The molecule has 0 unspecified atom stereocenters. The van der Waals surface area contributed by atoms with Crippen LogP contribution in [0.25, 0.3) is 0 Å². The molecule has 3 aromatic rings. The van der Waals surface area contributed by atoms with Gasteiger partial charge in [-0.15, -0.1) is 0 Å². The van der Waals surface area contributed by atoms with Gasteiger partial charge in [-0.3, -0.25) is 0 Å². The van der Waals surface area contributed by atoms with Crippen molar-refractivity contribution < 1.29 is 40.7 Å². The van der Waals surface area contributed by atoms with Crippen molar-refractivity contribution in [3.8, 4) is 11.8 Å². The number of sulfonamides is 1. The topological polar surface area (TPSA) is 142 Å². The Hall–Kier alpha value is -3.98. The number of benzene rings is 2. The van der Waals surface area contributed by atoms with Gasteiger partial charge in [0.2, 0.25) is 16.0 Å². The number of nitrogens with one attached hydrogen (secondary N) is 2. The molecule has 236 valence electrons. The quantitative estimate of drug-likeness (QED) is 0.210. The van der Waals surface area contributed by atoms with Crippen LogP contribution >= 0.6 is 0 Å². The zero-order chi connectivity index (χ0) is 31.8. The summed E-state index contributed by atoms with van der Waals surface area (Å²) in [5, 5.41) is 2.79. The largest absolute Gasteiger partial charge is 0.456 e. The molecule has 5 rings (SSSR count). The van der Waals surface area contributed by atoms with Gasteiger partial charge >= 0.3 is 18.2 Å². The van der Waals surface area contributed by atoms with Crippen LogP contribution in [-0.4, -0.2) is 53.0 Å². The molecule has 15 heteroatoms. The van der Waals surface area contributed by atoms with Crippen LogP contribution in [0.4, 0.5) is 19.1 Å². The normalized spacial score (nSPS) is 16.2. The predicted octanol–water partition coefficient (Wildman–Crippen LogP) is 4.84. The molecule has 0 atom stereocenters. The molecule has 0 amide bonds. The van der Waals surface area contributed by atoms with Gasteiger partial charge in [0.1, 0.15) is 17.2 Å². The SMILES string of the molecule is CC(C)(C)OC(=O)c1ccc(Cc2nc(NC3(c4ccc(ONS(=O)(=O)C5CC5)cc4)CC3)nc(OCC(F)(F)F)n2)cc1. The number of aromatic nitrogens is 3. The van der Waals surface area contributed by atoms with Crippen LogP contribution in [0.5, 0.6) is 11.8 Å². The van der Waals surface area contributed by atoms with Crippen molar-refractivity contribution in [3.05, 3.63) is 71.0 Å². The first-order valence-electron chi connectivity index (χ1n) is 13.9. The lowest BCUT2D eigenvalue weighted by Crippen LogP contribution is -2.30. The number of esters is 1. The van der Waals surface area contributed by atoms with Gasteiger partial charge in [-0.1, -0.05) is 24.3 Å². The fraction of sp³-hybridized carbons (Fsp3) is 0.448. The first-order valence-corrected chi connectivity index (χ1v) is 15.5. The molecule has 2 N–H and O–H groups in total. The Labute approximate surface area is 252 Å². The highest BCUT2D eigenvalue weighted by Gasteiger charge is 2.45. The maximum Gasteiger partial charge on any atom is 0.422 e. The average molecular weight is 636 g/mol. The standard InChI is InChI=1S/C29H32F3N5O6S/c1-27(2,3)42-24(38)19-6-4-18(5-7-19)16-23-33-25(35-26(34-23)41-17-29(30,31)32)36-28(14-15-28)20-8-10-21(11-9-20)43-37-44(39,40)22-12-13-22/h4-11,22,37H,12-17H2,1-3H3,(H,33,34,35,36). The second-order valence-corrected chi connectivity index (χ2v) is 13.7. The molecule has 11 nitrogen and oxygen atoms in total. The Morgan fingerprint density at radius 3 is 2.20 bits per heavy atom. The van der Waals surface area contributed by atoms with Crippen molar-refractivity contribution in [2.45, 2.75) is 75.4 Å². The smallest absolute Gasteiger partial charge is 0.422 e. The molecule has 0 radical (unpaired) electrons. The third-order valence-electron chi connectivity index (χ3n) is 6.72. The van der Waals surface area contributed by atoms with Crippen LogP contribution in [0.2, 0.25) is 0 Å². The van der Waals surface area contributed by atoms with E-state index in [0.717, 1.165) is 5.56 Å². The van der Waals surface area contributed by atoms with Crippen LogP contribution in [0, 0.1) is 0 Å². The maximum absolute atomic E-state index is 12.9. The van der Waals surface area contributed by atoms with E-state index in [-0.39, 0.29) is 18.2 Å². The highest BCUT2D eigenvalue weighted by molar-refractivity contribution is 7.90. The van der Waals surface area contributed by atoms with Crippen LogP contribution in [0.1, 0.15) is 73.8 Å². The lowest BCUT2D eigenvalue weighted by atomic mass is 10.1. The number of carbonyl (C=O) groups excluding carboxylic acids is 1. The highest BCUT2D eigenvalue weighted by Crippen LogP contribution is 2.48. The van der Waals surface area contributed by atoms with Crippen LogP contribution < -0.4 is 19.8 Å². The number of hydrogen-bond donors (Lipinski definition) is 2. The molecule has 2 aliphatic rings. The van der Waals surface area contributed by atoms with E-state index in [1.807, 2.05) is 0 Å². The fourth-order valence-electron chi connectivity index (χ4n) is 4.24. The van der Waals surface area contributed by atoms with Crippen molar-refractivity contribution in [3.63, 3.8) is 0 Å². The first kappa shape index (κ1) is 31.4. The molecule has 2 saturated carbocycles. The van der Waals surface area contributed by atoms with E-state index in [1.54, 1.807) is 69.3 Å². The number of halogens is 3. The second kappa shape index (κ2) is 11.8. The van der Waals surface area contributed by atoms with E-state index in [1.165, 1.54) is 0 Å². The van der Waals surface area contributed by atoms with Crippen molar-refractivity contribution in [1.82, 2.24) is 19.8 Å². The lowest BCUT2D eigenvalue weighted by Gasteiger charge is -2.19.